The molecule has 0 bridgehead atoms. The van der Waals surface area contributed by atoms with Crippen molar-refractivity contribution in [3.05, 3.63) is 0 Å². The molecule has 3 heteroatoms. The van der Waals surface area contributed by atoms with Crippen LogP contribution in [-0.2, 0) is 0 Å². The van der Waals surface area contributed by atoms with Crippen LogP contribution in [0.4, 0.5) is 0 Å². The van der Waals surface area contributed by atoms with Crippen molar-refractivity contribution in [3.63, 3.8) is 0 Å². The van der Waals surface area contributed by atoms with Crippen molar-refractivity contribution in [2.45, 2.75) is 45.4 Å². The molecule has 0 saturated carbocycles. The number of hydrogen-bond acceptors (Lipinski definition) is 2. The van der Waals surface area contributed by atoms with E-state index in [0.717, 1.165) is 18.8 Å². The average Bonchev–Trinajstić information content (AvgIpc) is 2.25. The third-order valence-corrected chi connectivity index (χ3v) is 3.64. The second-order valence-corrected chi connectivity index (χ2v) is 5.14. The molecule has 0 aromatic heterocycles. The summed E-state index contributed by atoms with van der Waals surface area (Å²) in [6.45, 7) is 6.14. The van der Waals surface area contributed by atoms with E-state index in [4.69, 9.17) is 18.0 Å². The highest BCUT2D eigenvalue weighted by Gasteiger charge is 2.16. The zero-order chi connectivity index (χ0) is 11.1. The summed E-state index contributed by atoms with van der Waals surface area (Å²) in [6.07, 6.45) is 7.46. The first-order chi connectivity index (χ1) is 7.22. The highest BCUT2D eigenvalue weighted by atomic mass is 32.1. The van der Waals surface area contributed by atoms with E-state index in [1.165, 1.54) is 45.3 Å². The molecule has 2 nitrogen and oxygen atoms in total. The number of unbranched alkanes of at least 4 members (excludes halogenated alkanes) is 1. The molecule has 0 radical (unpaired) electrons. The molecule has 1 fully saturated rings. The topological polar surface area (TPSA) is 29.3 Å². The van der Waals surface area contributed by atoms with E-state index in [0.29, 0.717) is 4.99 Å². The Balaban J connectivity index is 2.01. The van der Waals surface area contributed by atoms with Gasteiger partial charge in [0, 0.05) is 0 Å². The summed E-state index contributed by atoms with van der Waals surface area (Å²) in [5.74, 6) is 0.984. The summed E-state index contributed by atoms with van der Waals surface area (Å²) in [7, 11) is 0. The average molecular weight is 228 g/mol. The summed E-state index contributed by atoms with van der Waals surface area (Å²) >= 11 is 4.86. The maximum absolute atomic E-state index is 5.47. The second-order valence-electron chi connectivity index (χ2n) is 4.62. The van der Waals surface area contributed by atoms with Gasteiger partial charge in [-0.15, -0.1) is 0 Å². The minimum atomic E-state index is 0.666. The lowest BCUT2D eigenvalue weighted by Gasteiger charge is -2.31. The highest BCUT2D eigenvalue weighted by molar-refractivity contribution is 7.80. The standard InChI is InChI=1S/C12H24N2S/c1-2-11-6-9-14(10-7-11)8-4-3-5-12(13)15/h11H,2-10H2,1H3,(H2,13,15). The molecule has 15 heavy (non-hydrogen) atoms. The van der Waals surface area contributed by atoms with Gasteiger partial charge in [0.25, 0.3) is 0 Å². The first kappa shape index (κ1) is 12.9. The van der Waals surface area contributed by atoms with Gasteiger partial charge in [0.05, 0.1) is 4.99 Å². The number of thiocarbonyl (C=S) groups is 1. The molecule has 0 amide bonds. The fourth-order valence-electron chi connectivity index (χ4n) is 2.25. The Bertz CT molecular complexity index is 186. The number of likely N-dealkylation sites (tertiary alicyclic amines) is 1. The third-order valence-electron chi connectivity index (χ3n) is 3.43. The summed E-state index contributed by atoms with van der Waals surface area (Å²) in [6, 6.07) is 0. The molecule has 88 valence electrons. The normalized spacial score (nSPS) is 19.3. The van der Waals surface area contributed by atoms with E-state index in [2.05, 4.69) is 11.8 Å². The lowest BCUT2D eigenvalue weighted by Crippen LogP contribution is -2.34. The van der Waals surface area contributed by atoms with Crippen LogP contribution in [0.15, 0.2) is 0 Å². The Morgan fingerprint density at radius 1 is 1.33 bits per heavy atom. The minimum Gasteiger partial charge on any atom is -0.393 e. The molecule has 0 spiro atoms. The number of rotatable bonds is 6. The fourth-order valence-corrected chi connectivity index (χ4v) is 2.40. The third kappa shape index (κ3) is 5.47. The van der Waals surface area contributed by atoms with Gasteiger partial charge in [0.1, 0.15) is 0 Å². The first-order valence-electron chi connectivity index (χ1n) is 6.23. The van der Waals surface area contributed by atoms with Gasteiger partial charge in [-0.2, -0.15) is 0 Å². The van der Waals surface area contributed by atoms with Crippen LogP contribution in [0.2, 0.25) is 0 Å². The van der Waals surface area contributed by atoms with Crippen molar-refractivity contribution in [1.82, 2.24) is 4.90 Å². The van der Waals surface area contributed by atoms with Crippen molar-refractivity contribution in [3.8, 4) is 0 Å². The molecule has 0 atom stereocenters. The largest absolute Gasteiger partial charge is 0.393 e. The summed E-state index contributed by atoms with van der Waals surface area (Å²) in [5, 5.41) is 0. The Kier molecular flexibility index (Phi) is 6.18. The molecular weight excluding hydrogens is 204 g/mol. The summed E-state index contributed by atoms with van der Waals surface area (Å²) in [4.78, 5) is 3.26. The predicted octanol–water partition coefficient (Wildman–Crippen LogP) is 2.56. The molecule has 1 aliphatic heterocycles. The van der Waals surface area contributed by atoms with Gasteiger partial charge in [-0.05, 0) is 57.7 Å². The van der Waals surface area contributed by atoms with E-state index in [-0.39, 0.29) is 0 Å². The molecule has 0 unspecified atom stereocenters. The molecule has 1 rings (SSSR count). The Labute approximate surface area is 99.2 Å². The van der Waals surface area contributed by atoms with E-state index in [1.54, 1.807) is 0 Å². The van der Waals surface area contributed by atoms with E-state index in [9.17, 15) is 0 Å². The van der Waals surface area contributed by atoms with E-state index >= 15 is 0 Å². The van der Waals surface area contributed by atoms with Gasteiger partial charge in [-0.3, -0.25) is 0 Å². The smallest absolute Gasteiger partial charge is 0.0727 e. The van der Waals surface area contributed by atoms with E-state index in [1.807, 2.05) is 0 Å². The number of hydrogen-bond donors (Lipinski definition) is 1. The number of nitrogens with two attached hydrogens (primary N) is 1. The zero-order valence-corrected chi connectivity index (χ0v) is 10.7. The van der Waals surface area contributed by atoms with Gasteiger partial charge < -0.3 is 10.6 Å². The van der Waals surface area contributed by atoms with Gasteiger partial charge >= 0.3 is 0 Å². The molecule has 2 N–H and O–H groups in total. The van der Waals surface area contributed by atoms with Crippen molar-refractivity contribution >= 4 is 17.2 Å². The molecule has 1 heterocycles. The molecule has 0 aromatic rings. The number of nitrogens with zero attached hydrogens (tertiary/aromatic N) is 1. The Morgan fingerprint density at radius 3 is 2.53 bits per heavy atom. The molecular formula is C12H24N2S. The lowest BCUT2D eigenvalue weighted by molar-refractivity contribution is 0.179. The minimum absolute atomic E-state index is 0.666. The van der Waals surface area contributed by atoms with Crippen LogP contribution in [0.1, 0.15) is 45.4 Å². The lowest BCUT2D eigenvalue weighted by atomic mass is 9.94. The van der Waals surface area contributed by atoms with Crippen LogP contribution < -0.4 is 5.73 Å². The van der Waals surface area contributed by atoms with Crippen LogP contribution in [0, 0.1) is 5.92 Å². The monoisotopic (exact) mass is 228 g/mol. The number of piperidine rings is 1. The molecule has 1 aliphatic rings. The van der Waals surface area contributed by atoms with Gasteiger partial charge in [0.2, 0.25) is 0 Å². The predicted molar refractivity (Wildman–Crippen MR) is 70.1 cm³/mol. The fraction of sp³-hybridized carbons (Fsp3) is 0.917. The van der Waals surface area contributed by atoms with Crippen LogP contribution in [0.5, 0.6) is 0 Å². The SMILES string of the molecule is CCC1CCN(CCCCC(N)=S)CC1. The zero-order valence-electron chi connectivity index (χ0n) is 9.87. The van der Waals surface area contributed by atoms with Crippen molar-refractivity contribution in [2.75, 3.05) is 19.6 Å². The van der Waals surface area contributed by atoms with Crippen LogP contribution in [0.3, 0.4) is 0 Å². The molecule has 0 aliphatic carbocycles. The van der Waals surface area contributed by atoms with Gasteiger partial charge in [-0.25, -0.2) is 0 Å². The van der Waals surface area contributed by atoms with Crippen LogP contribution >= 0.6 is 12.2 Å². The van der Waals surface area contributed by atoms with Crippen molar-refractivity contribution < 1.29 is 0 Å². The maximum Gasteiger partial charge on any atom is 0.0727 e. The molecule has 0 aromatic carbocycles. The highest BCUT2D eigenvalue weighted by Crippen LogP contribution is 2.19. The van der Waals surface area contributed by atoms with Gasteiger partial charge in [-0.1, -0.05) is 25.6 Å². The van der Waals surface area contributed by atoms with Gasteiger partial charge in [0.15, 0.2) is 0 Å². The summed E-state index contributed by atoms with van der Waals surface area (Å²) < 4.78 is 0. The maximum atomic E-state index is 5.47. The second kappa shape index (κ2) is 7.18. The quantitative estimate of drug-likeness (QED) is 0.559. The van der Waals surface area contributed by atoms with E-state index < -0.39 is 0 Å². The first-order valence-corrected chi connectivity index (χ1v) is 6.64. The van der Waals surface area contributed by atoms with Crippen LogP contribution in [-0.4, -0.2) is 29.5 Å². The Morgan fingerprint density at radius 2 is 2.00 bits per heavy atom. The molecule has 1 saturated heterocycles. The summed E-state index contributed by atoms with van der Waals surface area (Å²) in [5.41, 5.74) is 5.47. The van der Waals surface area contributed by atoms with Crippen molar-refractivity contribution in [2.24, 2.45) is 11.7 Å². The van der Waals surface area contributed by atoms with Crippen LogP contribution in [0.25, 0.3) is 0 Å². The van der Waals surface area contributed by atoms with Crippen molar-refractivity contribution in [1.29, 1.82) is 0 Å². The Hall–Kier alpha value is -0.150.